The molecule has 1 aliphatic rings. The van der Waals surface area contributed by atoms with Gasteiger partial charge in [0.2, 0.25) is 11.6 Å². The number of ketones is 2. The van der Waals surface area contributed by atoms with Gasteiger partial charge in [0.05, 0.1) is 28.4 Å². The highest BCUT2D eigenvalue weighted by Crippen LogP contribution is 2.35. The molecular weight excluding hydrogens is 464 g/mol. The third-order valence-electron chi connectivity index (χ3n) is 5.96. The molecule has 0 radical (unpaired) electrons. The second-order valence-corrected chi connectivity index (χ2v) is 8.10. The number of benzene rings is 3. The van der Waals surface area contributed by atoms with Crippen LogP contribution in [-0.2, 0) is 12.8 Å². The zero-order chi connectivity index (χ0) is 25.7. The van der Waals surface area contributed by atoms with E-state index in [1.807, 2.05) is 18.2 Å². The van der Waals surface area contributed by atoms with Crippen LogP contribution in [0.2, 0.25) is 0 Å². The highest BCUT2D eigenvalue weighted by molar-refractivity contribution is 6.49. The summed E-state index contributed by atoms with van der Waals surface area (Å²) in [6.07, 6.45) is 1.09. The predicted molar refractivity (Wildman–Crippen MR) is 133 cm³/mol. The molecule has 0 saturated heterocycles. The first-order valence-corrected chi connectivity index (χ1v) is 11.4. The van der Waals surface area contributed by atoms with Crippen molar-refractivity contribution in [1.82, 2.24) is 0 Å². The monoisotopic (exact) mass is 492 g/mol. The molecule has 3 aromatic rings. The van der Waals surface area contributed by atoms with Gasteiger partial charge in [-0.3, -0.25) is 9.59 Å². The molecule has 0 bridgehead atoms. The van der Waals surface area contributed by atoms with Crippen LogP contribution in [0.25, 0.3) is 0 Å². The summed E-state index contributed by atoms with van der Waals surface area (Å²) in [6, 6.07) is 13.7. The van der Waals surface area contributed by atoms with E-state index in [1.54, 1.807) is 32.4 Å². The van der Waals surface area contributed by atoms with E-state index in [1.165, 1.54) is 26.4 Å². The Morgan fingerprint density at radius 2 is 1.33 bits per heavy atom. The molecule has 3 aromatic carbocycles. The Balaban J connectivity index is 1.67. The van der Waals surface area contributed by atoms with E-state index in [9.17, 15) is 9.59 Å². The van der Waals surface area contributed by atoms with E-state index in [-0.39, 0.29) is 11.1 Å². The molecule has 188 valence electrons. The molecular formula is C28H28O8. The second kappa shape index (κ2) is 11.0. The van der Waals surface area contributed by atoms with Crippen molar-refractivity contribution < 1.29 is 38.0 Å². The van der Waals surface area contributed by atoms with Gasteiger partial charge in [-0.1, -0.05) is 6.07 Å². The predicted octanol–water partition coefficient (Wildman–Crippen LogP) is 4.34. The third-order valence-corrected chi connectivity index (χ3v) is 5.96. The fourth-order valence-corrected chi connectivity index (χ4v) is 4.06. The zero-order valence-corrected chi connectivity index (χ0v) is 20.7. The Morgan fingerprint density at radius 1 is 0.694 bits per heavy atom. The number of hydrogen-bond acceptors (Lipinski definition) is 8. The minimum absolute atomic E-state index is 0.178. The van der Waals surface area contributed by atoms with Crippen molar-refractivity contribution in [1.29, 1.82) is 0 Å². The van der Waals surface area contributed by atoms with E-state index < -0.39 is 11.6 Å². The van der Waals surface area contributed by atoms with E-state index in [2.05, 4.69) is 0 Å². The summed E-state index contributed by atoms with van der Waals surface area (Å²) >= 11 is 0. The maximum atomic E-state index is 13.5. The van der Waals surface area contributed by atoms with Gasteiger partial charge in [-0.05, 0) is 60.4 Å². The fourth-order valence-electron chi connectivity index (χ4n) is 4.06. The number of methoxy groups -OCH3 is 4. The van der Waals surface area contributed by atoms with Crippen LogP contribution >= 0.6 is 0 Å². The van der Waals surface area contributed by atoms with Gasteiger partial charge in [-0.25, -0.2) is 0 Å². The van der Waals surface area contributed by atoms with Gasteiger partial charge in [0.1, 0.15) is 24.7 Å². The van der Waals surface area contributed by atoms with Gasteiger partial charge < -0.3 is 28.4 Å². The van der Waals surface area contributed by atoms with Crippen LogP contribution in [0.3, 0.4) is 0 Å². The first kappa shape index (κ1) is 24.9. The van der Waals surface area contributed by atoms with Gasteiger partial charge in [0.25, 0.3) is 0 Å². The summed E-state index contributed by atoms with van der Waals surface area (Å²) in [5, 5.41) is 0. The molecule has 8 nitrogen and oxygen atoms in total. The Hall–Kier alpha value is -4.20. The fraction of sp³-hybridized carbons (Fsp3) is 0.286. The van der Waals surface area contributed by atoms with Crippen molar-refractivity contribution in [2.75, 3.05) is 41.7 Å². The molecule has 0 aromatic heterocycles. The zero-order valence-electron chi connectivity index (χ0n) is 20.7. The lowest BCUT2D eigenvalue weighted by Gasteiger charge is -2.21. The first-order valence-electron chi connectivity index (χ1n) is 11.4. The van der Waals surface area contributed by atoms with Crippen LogP contribution in [0.5, 0.6) is 34.5 Å². The quantitative estimate of drug-likeness (QED) is 0.305. The van der Waals surface area contributed by atoms with Crippen LogP contribution in [-0.4, -0.2) is 53.2 Å². The lowest BCUT2D eigenvalue weighted by molar-refractivity contribution is 0.0815. The molecule has 1 heterocycles. The number of carbonyl (C=O) groups is 2. The molecule has 1 aliphatic heterocycles. The van der Waals surface area contributed by atoms with Crippen molar-refractivity contribution in [3.63, 3.8) is 0 Å². The molecule has 0 aliphatic carbocycles. The second-order valence-electron chi connectivity index (χ2n) is 8.10. The van der Waals surface area contributed by atoms with Crippen molar-refractivity contribution in [3.8, 4) is 34.5 Å². The van der Waals surface area contributed by atoms with Crippen LogP contribution in [0.4, 0.5) is 0 Å². The van der Waals surface area contributed by atoms with E-state index in [0.29, 0.717) is 66.1 Å². The molecule has 4 rings (SSSR count). The lowest BCUT2D eigenvalue weighted by atomic mass is 9.93. The number of rotatable bonds is 10. The number of carbonyl (C=O) groups excluding carboxylic acids is 2. The van der Waals surface area contributed by atoms with Gasteiger partial charge >= 0.3 is 0 Å². The van der Waals surface area contributed by atoms with Gasteiger partial charge in [0, 0.05) is 17.2 Å². The lowest BCUT2D eigenvalue weighted by Crippen LogP contribution is -2.20. The van der Waals surface area contributed by atoms with Crippen molar-refractivity contribution in [2.24, 2.45) is 0 Å². The number of Topliss-reactive ketones (excluding diaryl/α,β-unsaturated/α-hetero) is 2. The largest absolute Gasteiger partial charge is 0.497 e. The normalized spacial score (nSPS) is 12.0. The van der Waals surface area contributed by atoms with E-state index >= 15 is 0 Å². The minimum atomic E-state index is -0.670. The highest BCUT2D eigenvalue weighted by Gasteiger charge is 2.26. The SMILES string of the molecule is COc1cc(OC)cc(C(=O)C(=O)c2cc3c(cc2CCc2ccc(OC)c(OC)c2)OCCO3)c1. The summed E-state index contributed by atoms with van der Waals surface area (Å²) in [4.78, 5) is 26.7. The summed E-state index contributed by atoms with van der Waals surface area (Å²) in [6.45, 7) is 0.782. The number of fused-ring (bicyclic) bond motifs is 1. The maximum absolute atomic E-state index is 13.5. The Labute approximate surface area is 209 Å². The highest BCUT2D eigenvalue weighted by atomic mass is 16.6. The Bertz CT molecular complexity index is 1260. The molecule has 36 heavy (non-hydrogen) atoms. The topological polar surface area (TPSA) is 89.5 Å². The molecule has 8 heteroatoms. The molecule has 0 fully saturated rings. The van der Waals surface area contributed by atoms with Crippen molar-refractivity contribution >= 4 is 11.6 Å². The Kier molecular flexibility index (Phi) is 7.63. The van der Waals surface area contributed by atoms with Crippen LogP contribution in [0.1, 0.15) is 31.8 Å². The molecule has 0 saturated carbocycles. The molecule has 0 unspecified atom stereocenters. The average Bonchev–Trinajstić information content (AvgIpc) is 2.94. The first-order chi connectivity index (χ1) is 17.5. The molecule has 0 atom stereocenters. The van der Waals surface area contributed by atoms with E-state index in [4.69, 9.17) is 28.4 Å². The van der Waals surface area contributed by atoms with Crippen molar-refractivity contribution in [2.45, 2.75) is 12.8 Å². The van der Waals surface area contributed by atoms with Gasteiger partial charge in [-0.15, -0.1) is 0 Å². The summed E-state index contributed by atoms with van der Waals surface area (Å²) in [5.74, 6) is 1.76. The summed E-state index contributed by atoms with van der Waals surface area (Å²) in [5.41, 5.74) is 2.12. The molecule has 0 spiro atoms. The van der Waals surface area contributed by atoms with Gasteiger partial charge in [-0.2, -0.15) is 0 Å². The Morgan fingerprint density at radius 3 is 1.94 bits per heavy atom. The summed E-state index contributed by atoms with van der Waals surface area (Å²) < 4.78 is 32.6. The summed E-state index contributed by atoms with van der Waals surface area (Å²) in [7, 11) is 6.13. The standard InChI is InChI=1S/C28H28O8/c1-31-20-12-19(13-21(15-20)32-2)27(29)28(30)22-16-26-25(35-9-10-36-26)14-18(22)7-5-17-6-8-23(33-3)24(11-17)34-4/h6,8,11-16H,5,7,9-10H2,1-4H3. The smallest absolute Gasteiger partial charge is 0.233 e. The van der Waals surface area contributed by atoms with Crippen LogP contribution in [0.15, 0.2) is 48.5 Å². The molecule has 0 amide bonds. The molecule has 0 N–H and O–H groups in total. The van der Waals surface area contributed by atoms with Crippen LogP contribution < -0.4 is 28.4 Å². The third kappa shape index (κ3) is 5.22. The number of aryl methyl sites for hydroxylation is 2. The van der Waals surface area contributed by atoms with Crippen LogP contribution in [0, 0.1) is 0 Å². The minimum Gasteiger partial charge on any atom is -0.497 e. The number of hydrogen-bond donors (Lipinski definition) is 0. The van der Waals surface area contributed by atoms with Crippen molar-refractivity contribution in [3.05, 3.63) is 70.8 Å². The van der Waals surface area contributed by atoms with E-state index in [0.717, 1.165) is 5.56 Å². The average molecular weight is 493 g/mol. The maximum Gasteiger partial charge on any atom is 0.233 e. The number of ether oxygens (including phenoxy) is 6. The van der Waals surface area contributed by atoms with Gasteiger partial charge in [0.15, 0.2) is 23.0 Å².